The molecule has 3 heterocycles. The van der Waals surface area contributed by atoms with Crippen LogP contribution in [0.1, 0.15) is 54.1 Å². The molecule has 1 aromatic heterocycles. The maximum absolute atomic E-state index is 13.4. The van der Waals surface area contributed by atoms with Gasteiger partial charge in [-0.3, -0.25) is 9.69 Å². The van der Waals surface area contributed by atoms with Crippen LogP contribution in [0.4, 0.5) is 23.8 Å². The summed E-state index contributed by atoms with van der Waals surface area (Å²) in [7, 11) is 0. The highest BCUT2D eigenvalue weighted by Crippen LogP contribution is 2.40. The predicted octanol–water partition coefficient (Wildman–Crippen LogP) is 3.66. The molecule has 2 saturated heterocycles. The quantitative estimate of drug-likeness (QED) is 0.673. The number of carboxylic acids is 1. The maximum atomic E-state index is 13.4. The molecule has 0 aliphatic carbocycles. The molecular formula is C23H26F3N5O4. The van der Waals surface area contributed by atoms with E-state index in [-0.39, 0.29) is 29.8 Å². The number of anilines is 1. The summed E-state index contributed by atoms with van der Waals surface area (Å²) in [5.41, 5.74) is -1.73. The summed E-state index contributed by atoms with van der Waals surface area (Å²) in [6.07, 6.45) is -0.172. The Morgan fingerprint density at radius 1 is 1.11 bits per heavy atom. The van der Waals surface area contributed by atoms with Gasteiger partial charge in [0.25, 0.3) is 0 Å². The number of rotatable bonds is 4. The summed E-state index contributed by atoms with van der Waals surface area (Å²) in [4.78, 5) is 39.1. The third-order valence-corrected chi connectivity index (χ3v) is 6.79. The lowest BCUT2D eigenvalue weighted by atomic mass is 9.84. The van der Waals surface area contributed by atoms with Gasteiger partial charge in [0.2, 0.25) is 5.91 Å². The Morgan fingerprint density at radius 2 is 1.83 bits per heavy atom. The second-order valence-corrected chi connectivity index (χ2v) is 9.03. The molecule has 0 bridgehead atoms. The third-order valence-electron chi connectivity index (χ3n) is 6.79. The lowest BCUT2D eigenvalue weighted by Crippen LogP contribution is -2.53. The Balaban J connectivity index is 1.44. The number of amides is 2. The summed E-state index contributed by atoms with van der Waals surface area (Å²) >= 11 is 0. The van der Waals surface area contributed by atoms with Crippen molar-refractivity contribution in [1.29, 1.82) is 0 Å². The molecule has 0 radical (unpaired) electrons. The summed E-state index contributed by atoms with van der Waals surface area (Å²) in [5, 5.41) is 15.7. The Hall–Kier alpha value is -3.41. The van der Waals surface area contributed by atoms with E-state index >= 15 is 0 Å². The van der Waals surface area contributed by atoms with Crippen LogP contribution in [-0.4, -0.2) is 67.8 Å². The lowest BCUT2D eigenvalue weighted by Gasteiger charge is -2.45. The Morgan fingerprint density at radius 3 is 2.46 bits per heavy atom. The maximum Gasteiger partial charge on any atom is 0.417 e. The van der Waals surface area contributed by atoms with Crippen molar-refractivity contribution in [2.45, 2.75) is 50.9 Å². The molecule has 2 aromatic rings. The van der Waals surface area contributed by atoms with Crippen LogP contribution in [0.15, 0.2) is 30.5 Å². The van der Waals surface area contributed by atoms with Crippen molar-refractivity contribution in [3.63, 3.8) is 0 Å². The van der Waals surface area contributed by atoms with E-state index in [9.17, 15) is 27.6 Å². The lowest BCUT2D eigenvalue weighted by molar-refractivity contribution is -0.138. The fraction of sp³-hybridized carbons (Fsp3) is 0.478. The number of likely N-dealkylation sites (tertiary alicyclic amines) is 2. The Bertz CT molecular complexity index is 1140. The van der Waals surface area contributed by atoms with E-state index in [2.05, 4.69) is 15.3 Å². The van der Waals surface area contributed by atoms with Crippen LogP contribution in [0.25, 0.3) is 0 Å². The zero-order chi connectivity index (χ0) is 25.4. The van der Waals surface area contributed by atoms with E-state index in [4.69, 9.17) is 5.11 Å². The van der Waals surface area contributed by atoms with E-state index in [0.717, 1.165) is 31.5 Å². The monoisotopic (exact) mass is 493 g/mol. The number of hydrogen-bond donors (Lipinski definition) is 2. The zero-order valence-corrected chi connectivity index (χ0v) is 19.1. The van der Waals surface area contributed by atoms with Crippen molar-refractivity contribution >= 4 is 23.7 Å². The molecule has 1 aromatic carbocycles. The van der Waals surface area contributed by atoms with Gasteiger partial charge in [0, 0.05) is 44.4 Å². The standard InChI is InChI=1S/C23H26F3N5O4/c1-15(32)27-19-5-10-31(28-19)21(35)29-11-7-22(8-12-29)6-2-9-30(22)14-16-3-4-17(20(33)34)18(13-16)23(24,25)26/h3-5,10,13H,2,6-9,11-12,14H2,1H3,(H,33,34)(H,27,28,32). The number of aromatic nitrogens is 2. The predicted molar refractivity (Wildman–Crippen MR) is 119 cm³/mol. The molecule has 2 N–H and O–H groups in total. The van der Waals surface area contributed by atoms with Gasteiger partial charge in [-0.15, -0.1) is 5.10 Å². The largest absolute Gasteiger partial charge is 0.478 e. The summed E-state index contributed by atoms with van der Waals surface area (Å²) < 4.78 is 41.5. The number of alkyl halides is 3. The number of nitrogens with zero attached hydrogens (tertiary/aromatic N) is 4. The second-order valence-electron chi connectivity index (χ2n) is 9.03. The molecule has 0 saturated carbocycles. The smallest absolute Gasteiger partial charge is 0.417 e. The van der Waals surface area contributed by atoms with Crippen LogP contribution >= 0.6 is 0 Å². The van der Waals surface area contributed by atoms with Gasteiger partial charge in [-0.05, 0) is 49.9 Å². The van der Waals surface area contributed by atoms with Crippen LogP contribution in [0.3, 0.4) is 0 Å². The average Bonchev–Trinajstić information content (AvgIpc) is 3.40. The molecule has 2 amide bonds. The minimum atomic E-state index is -4.76. The van der Waals surface area contributed by atoms with Gasteiger partial charge in [-0.2, -0.15) is 17.9 Å². The van der Waals surface area contributed by atoms with E-state index in [1.807, 2.05) is 0 Å². The van der Waals surface area contributed by atoms with Gasteiger partial charge < -0.3 is 15.3 Å². The highest BCUT2D eigenvalue weighted by Gasteiger charge is 2.44. The minimum Gasteiger partial charge on any atom is -0.478 e. The molecule has 188 valence electrons. The van der Waals surface area contributed by atoms with Crippen molar-refractivity contribution < 1.29 is 32.7 Å². The third kappa shape index (κ3) is 5.16. The van der Waals surface area contributed by atoms with Gasteiger partial charge in [-0.25, -0.2) is 9.59 Å². The molecule has 4 rings (SSSR count). The van der Waals surface area contributed by atoms with Gasteiger partial charge >= 0.3 is 18.2 Å². The van der Waals surface area contributed by atoms with Crippen LogP contribution in [-0.2, 0) is 17.5 Å². The van der Waals surface area contributed by atoms with Gasteiger partial charge in [0.1, 0.15) is 0 Å². The number of hydrogen-bond acceptors (Lipinski definition) is 5. The number of aromatic carboxylic acids is 1. The highest BCUT2D eigenvalue weighted by molar-refractivity contribution is 5.89. The number of carbonyl (C=O) groups excluding carboxylic acids is 2. The first-order chi connectivity index (χ1) is 16.5. The Kier molecular flexibility index (Phi) is 6.58. The molecule has 9 nitrogen and oxygen atoms in total. The number of carboxylic acid groups (broad SMARTS) is 1. The number of benzene rings is 1. The summed E-state index contributed by atoms with van der Waals surface area (Å²) in [5.74, 6) is -1.61. The molecule has 35 heavy (non-hydrogen) atoms. The van der Waals surface area contributed by atoms with E-state index in [0.29, 0.717) is 31.5 Å². The highest BCUT2D eigenvalue weighted by atomic mass is 19.4. The topological polar surface area (TPSA) is 108 Å². The molecule has 12 heteroatoms. The zero-order valence-electron chi connectivity index (χ0n) is 19.1. The van der Waals surface area contributed by atoms with Crippen LogP contribution in [0.2, 0.25) is 0 Å². The molecule has 0 unspecified atom stereocenters. The molecule has 2 aliphatic heterocycles. The number of halogens is 3. The van der Waals surface area contributed by atoms with Crippen molar-refractivity contribution in [1.82, 2.24) is 19.6 Å². The Labute approximate surface area is 199 Å². The minimum absolute atomic E-state index is 0.230. The summed E-state index contributed by atoms with van der Waals surface area (Å²) in [6, 6.07) is 4.62. The van der Waals surface area contributed by atoms with Gasteiger partial charge in [-0.1, -0.05) is 6.07 Å². The van der Waals surface area contributed by atoms with Crippen molar-refractivity contribution in [3.05, 3.63) is 47.2 Å². The van der Waals surface area contributed by atoms with E-state index < -0.39 is 23.3 Å². The van der Waals surface area contributed by atoms with Crippen LogP contribution in [0, 0.1) is 0 Å². The number of carbonyl (C=O) groups is 3. The molecule has 2 aliphatic rings. The fourth-order valence-electron chi connectivity index (χ4n) is 5.08. The molecule has 2 fully saturated rings. The first-order valence-electron chi connectivity index (χ1n) is 11.3. The van der Waals surface area contributed by atoms with E-state index in [1.54, 1.807) is 4.90 Å². The summed E-state index contributed by atoms with van der Waals surface area (Å²) in [6.45, 7) is 3.28. The first kappa shape index (κ1) is 24.7. The number of piperidine rings is 1. The average molecular weight is 493 g/mol. The van der Waals surface area contributed by atoms with Crippen LogP contribution < -0.4 is 5.32 Å². The van der Waals surface area contributed by atoms with Gasteiger partial charge in [0.15, 0.2) is 5.82 Å². The fourth-order valence-corrected chi connectivity index (χ4v) is 5.08. The van der Waals surface area contributed by atoms with E-state index in [1.165, 1.54) is 29.9 Å². The first-order valence-corrected chi connectivity index (χ1v) is 11.3. The molecular weight excluding hydrogens is 467 g/mol. The SMILES string of the molecule is CC(=O)Nc1ccn(C(=O)N2CCC3(CCCN3Cc3ccc(C(=O)O)c(C(F)(F)F)c3)CC2)n1. The second kappa shape index (κ2) is 9.33. The number of nitrogens with one attached hydrogen (secondary N) is 1. The van der Waals surface area contributed by atoms with Crippen molar-refractivity contribution in [2.24, 2.45) is 0 Å². The van der Waals surface area contributed by atoms with Crippen molar-refractivity contribution in [3.8, 4) is 0 Å². The van der Waals surface area contributed by atoms with Crippen LogP contribution in [0.5, 0.6) is 0 Å². The molecule has 0 atom stereocenters. The normalized spacial score (nSPS) is 18.1. The van der Waals surface area contributed by atoms with Gasteiger partial charge in [0.05, 0.1) is 11.1 Å². The van der Waals surface area contributed by atoms with Crippen molar-refractivity contribution in [2.75, 3.05) is 25.0 Å². The molecule has 1 spiro atoms.